The number of hydrogen-bond acceptors (Lipinski definition) is 8. The standard InChI is InChI=1S/C40H24BO4.4C2H3N.Cu/c1-5-13-29-25(9-1)17-21-33-37(29)38-30-14-6-2-10-26(30)18-22-34(38)43-41(42-33)44-35-23-19-27-11-3-7-15-31(27)39(35)40-32-16-8-4-12-28(32)20-24-36(40)45-41;4*1-2-3;/h1-24H;4*1H3;/q-1;;;;;+1. The summed E-state index contributed by atoms with van der Waals surface area (Å²) in [7, 11) is 0. The number of hydrogen-bond donors (Lipinski definition) is 0. The van der Waals surface area contributed by atoms with Gasteiger partial charge in [0.1, 0.15) is 0 Å². The average molecular weight is 807 g/mol. The largest absolute Gasteiger partial charge is 1.00 e. The molecule has 0 aromatic heterocycles. The van der Waals surface area contributed by atoms with Gasteiger partial charge in [-0.05, 0) is 67.4 Å². The fraction of sp³-hybridized carbons (Fsp3) is 0.0833. The SMILES string of the molecule is CC#N.CC#N.CC#N.CC#N.[Cu+].c1ccc2c3c(ccc2c1)O[B-]1(Oc2ccc4ccccc4c2-3)Oc2ccc3ccccc3c2-c2c(ccc3ccccc23)O1. The monoisotopic (exact) mass is 806 g/mol. The second kappa shape index (κ2) is 18.9. The maximum absolute atomic E-state index is 7.32. The van der Waals surface area contributed by atoms with E-state index in [1.165, 1.54) is 27.7 Å². The molecule has 10 rings (SSSR count). The number of nitrogens with zero attached hydrogens (tertiary/aromatic N) is 4. The molecule has 0 bridgehead atoms. The van der Waals surface area contributed by atoms with E-state index in [1.807, 2.05) is 24.3 Å². The predicted octanol–water partition coefficient (Wildman–Crippen LogP) is 12.4. The molecule has 2 aliphatic rings. The van der Waals surface area contributed by atoms with Gasteiger partial charge in [0.25, 0.3) is 0 Å². The van der Waals surface area contributed by atoms with Crippen LogP contribution in [-0.2, 0) is 17.1 Å². The van der Waals surface area contributed by atoms with E-state index in [9.17, 15) is 0 Å². The van der Waals surface area contributed by atoms with Gasteiger partial charge >= 0.3 is 24.0 Å². The number of benzene rings is 8. The van der Waals surface area contributed by atoms with E-state index in [-0.39, 0.29) is 17.1 Å². The summed E-state index contributed by atoms with van der Waals surface area (Å²) in [4.78, 5) is 0. The maximum Gasteiger partial charge on any atom is 1.00 e. The average Bonchev–Trinajstić information content (AvgIpc) is 3.46. The zero-order valence-corrected chi connectivity index (χ0v) is 33.1. The van der Waals surface area contributed by atoms with Crippen molar-refractivity contribution in [1.82, 2.24) is 0 Å². The van der Waals surface area contributed by atoms with Gasteiger partial charge < -0.3 is 18.6 Å². The Hall–Kier alpha value is -7.46. The molecule has 0 amide bonds. The normalized spacial score (nSPS) is 11.6. The molecule has 0 saturated heterocycles. The molecule has 0 N–H and O–H groups in total. The molecule has 0 aliphatic carbocycles. The quantitative estimate of drug-likeness (QED) is 0.138. The Labute approximate surface area is 348 Å². The zero-order valence-electron chi connectivity index (χ0n) is 32.2. The molecule has 8 nitrogen and oxygen atoms in total. The molecule has 58 heavy (non-hydrogen) atoms. The molecule has 2 heterocycles. The summed E-state index contributed by atoms with van der Waals surface area (Å²) in [5.74, 6) is 2.54. The molecule has 0 radical (unpaired) electrons. The van der Waals surface area contributed by atoms with Crippen LogP contribution in [0.15, 0.2) is 146 Å². The summed E-state index contributed by atoms with van der Waals surface area (Å²) in [5, 5.41) is 38.0. The van der Waals surface area contributed by atoms with Crippen molar-refractivity contribution in [3.63, 3.8) is 0 Å². The predicted molar refractivity (Wildman–Crippen MR) is 227 cm³/mol. The first-order valence-corrected chi connectivity index (χ1v) is 18.1. The minimum Gasteiger partial charge on any atom is -0.611 e. The second-order valence-electron chi connectivity index (χ2n) is 12.6. The van der Waals surface area contributed by atoms with Crippen LogP contribution in [0.4, 0.5) is 0 Å². The molecule has 1 spiro atoms. The van der Waals surface area contributed by atoms with E-state index in [2.05, 4.69) is 121 Å². The van der Waals surface area contributed by atoms with Crippen LogP contribution < -0.4 is 18.6 Å². The first-order chi connectivity index (χ1) is 27.9. The molecule has 8 aromatic rings. The van der Waals surface area contributed by atoms with Crippen molar-refractivity contribution in [3.8, 4) is 69.5 Å². The van der Waals surface area contributed by atoms with E-state index in [0.29, 0.717) is 23.0 Å². The van der Waals surface area contributed by atoms with Crippen LogP contribution in [0, 0.1) is 45.3 Å². The first-order valence-electron chi connectivity index (χ1n) is 18.1. The Balaban J connectivity index is 0.000000444. The van der Waals surface area contributed by atoms with Crippen LogP contribution in [0.1, 0.15) is 27.7 Å². The van der Waals surface area contributed by atoms with Crippen LogP contribution in [0.25, 0.3) is 65.3 Å². The number of fused-ring (bicyclic) bond motifs is 14. The molecule has 0 fully saturated rings. The summed E-state index contributed by atoms with van der Waals surface area (Å²) in [6, 6.07) is 56.8. The van der Waals surface area contributed by atoms with Gasteiger partial charge in [0.2, 0.25) is 0 Å². The topological polar surface area (TPSA) is 132 Å². The Kier molecular flexibility index (Phi) is 13.6. The van der Waals surface area contributed by atoms with Crippen molar-refractivity contribution in [1.29, 1.82) is 21.0 Å². The van der Waals surface area contributed by atoms with Crippen molar-refractivity contribution in [2.45, 2.75) is 27.7 Å². The molecule has 2 aliphatic heterocycles. The zero-order chi connectivity index (χ0) is 40.4. The van der Waals surface area contributed by atoms with Crippen LogP contribution in [-0.4, -0.2) is 6.96 Å². The second-order valence-corrected chi connectivity index (χ2v) is 12.6. The third-order valence-electron chi connectivity index (χ3n) is 9.15. The van der Waals surface area contributed by atoms with Gasteiger partial charge in [0.15, 0.2) is 0 Å². The third-order valence-corrected chi connectivity index (χ3v) is 9.15. The molecule has 10 heteroatoms. The van der Waals surface area contributed by atoms with Gasteiger partial charge in [-0.25, -0.2) is 0 Å². The summed E-state index contributed by atoms with van der Waals surface area (Å²) in [6.07, 6.45) is 0. The maximum atomic E-state index is 7.32. The van der Waals surface area contributed by atoms with Crippen LogP contribution >= 0.6 is 0 Å². The van der Waals surface area contributed by atoms with E-state index in [4.69, 9.17) is 39.7 Å². The summed E-state index contributed by atoms with van der Waals surface area (Å²) in [5.41, 5.74) is 3.81. The fourth-order valence-electron chi connectivity index (χ4n) is 7.20. The van der Waals surface area contributed by atoms with Crippen molar-refractivity contribution in [3.05, 3.63) is 146 Å². The number of rotatable bonds is 0. The Morgan fingerprint density at radius 2 is 0.517 bits per heavy atom. The first kappa shape index (κ1) is 41.7. The van der Waals surface area contributed by atoms with E-state index in [1.54, 1.807) is 24.3 Å². The fourth-order valence-corrected chi connectivity index (χ4v) is 7.20. The summed E-state index contributed by atoms with van der Waals surface area (Å²) in [6.45, 7) is 2.83. The smallest absolute Gasteiger partial charge is 0.611 e. The molecule has 286 valence electrons. The van der Waals surface area contributed by atoms with Crippen molar-refractivity contribution in [2.75, 3.05) is 0 Å². The van der Waals surface area contributed by atoms with Crippen LogP contribution in [0.3, 0.4) is 0 Å². The van der Waals surface area contributed by atoms with Crippen LogP contribution in [0.2, 0.25) is 0 Å². The summed E-state index contributed by atoms with van der Waals surface area (Å²) >= 11 is 0. The van der Waals surface area contributed by atoms with Gasteiger partial charge in [0, 0.05) is 49.9 Å². The van der Waals surface area contributed by atoms with Gasteiger partial charge in [-0.15, -0.1) is 0 Å². The van der Waals surface area contributed by atoms with Gasteiger partial charge in [-0.1, -0.05) is 121 Å². The minimum absolute atomic E-state index is 0. The summed E-state index contributed by atoms with van der Waals surface area (Å²) < 4.78 is 27.8. The molecule has 0 saturated carbocycles. The van der Waals surface area contributed by atoms with E-state index in [0.717, 1.165) is 65.3 Å². The van der Waals surface area contributed by atoms with Gasteiger partial charge in [0.05, 0.1) is 47.3 Å². The van der Waals surface area contributed by atoms with Gasteiger partial charge in [-0.3, -0.25) is 0 Å². The van der Waals surface area contributed by atoms with E-state index < -0.39 is 6.96 Å². The Morgan fingerprint density at radius 1 is 0.328 bits per heavy atom. The molecule has 0 unspecified atom stereocenters. The molecular formula is C48H36BCuN4O4. The molecule has 8 aromatic carbocycles. The third kappa shape index (κ3) is 8.08. The number of nitriles is 4. The van der Waals surface area contributed by atoms with Crippen molar-refractivity contribution < 1.29 is 35.7 Å². The van der Waals surface area contributed by atoms with E-state index >= 15 is 0 Å². The molecular weight excluding hydrogens is 771 g/mol. The Bertz CT molecular complexity index is 2540. The van der Waals surface area contributed by atoms with Gasteiger partial charge in [-0.2, -0.15) is 21.0 Å². The molecule has 0 atom stereocenters. The minimum atomic E-state index is -2.89. The van der Waals surface area contributed by atoms with Crippen molar-refractivity contribution in [2.24, 2.45) is 0 Å². The Morgan fingerprint density at radius 3 is 0.724 bits per heavy atom. The van der Waals surface area contributed by atoms with Crippen molar-refractivity contribution >= 4 is 50.0 Å². The van der Waals surface area contributed by atoms with Crippen LogP contribution in [0.5, 0.6) is 23.0 Å².